The Morgan fingerprint density at radius 3 is 2.25 bits per heavy atom. The molecule has 3 unspecified atom stereocenters. The topological polar surface area (TPSA) is 61.4 Å². The predicted molar refractivity (Wildman–Crippen MR) is 139 cm³/mol. The summed E-state index contributed by atoms with van der Waals surface area (Å²) in [5, 5.41) is 17.5. The van der Waals surface area contributed by atoms with Crippen LogP contribution in [0.25, 0.3) is 0 Å². The van der Waals surface area contributed by atoms with E-state index in [1.807, 2.05) is 6.07 Å². The van der Waals surface area contributed by atoms with Crippen LogP contribution < -0.4 is 10.6 Å². The van der Waals surface area contributed by atoms with Gasteiger partial charge in [0.25, 0.3) is 0 Å². The van der Waals surface area contributed by atoms with E-state index in [4.69, 9.17) is 23.2 Å². The number of nitrogens with one attached hydrogen (secondary N) is 2. The third-order valence-corrected chi connectivity index (χ3v) is 9.00. The van der Waals surface area contributed by atoms with Gasteiger partial charge in [-0.15, -0.1) is 23.2 Å². The second kappa shape index (κ2) is 10.6. The molecule has 4 rings (SSSR count). The molecule has 3 atom stereocenters. The number of benzene rings is 2. The maximum atomic E-state index is 13.7. The molecule has 2 saturated carbocycles. The Morgan fingerprint density at radius 2 is 1.67 bits per heavy atom. The van der Waals surface area contributed by atoms with Crippen LogP contribution in [0.15, 0.2) is 42.5 Å². The molecule has 0 heterocycles. The van der Waals surface area contributed by atoms with Crippen molar-refractivity contribution in [3.8, 4) is 0 Å². The molecular weight excluding hydrogens is 505 g/mol. The summed E-state index contributed by atoms with van der Waals surface area (Å²) in [5.74, 6) is -1.70. The Kier molecular flexibility index (Phi) is 8.01. The van der Waals surface area contributed by atoms with Crippen LogP contribution in [0.2, 0.25) is 0 Å². The Hall–Kier alpha value is -1.73. The second-order valence-electron chi connectivity index (χ2n) is 10.7. The minimum atomic E-state index is -0.971. The molecule has 196 valence electrons. The van der Waals surface area contributed by atoms with Crippen LogP contribution in [0.4, 0.5) is 8.78 Å². The van der Waals surface area contributed by atoms with Crippen molar-refractivity contribution in [2.75, 3.05) is 6.54 Å². The predicted octanol–water partition coefficient (Wildman–Crippen LogP) is 5.66. The summed E-state index contributed by atoms with van der Waals surface area (Å²) < 4.78 is 26.7. The monoisotopic (exact) mass is 538 g/mol. The van der Waals surface area contributed by atoms with E-state index in [9.17, 15) is 18.7 Å². The van der Waals surface area contributed by atoms with Gasteiger partial charge in [-0.25, -0.2) is 8.78 Å². The molecule has 0 spiro atoms. The number of carbonyl (C=O) groups is 1. The maximum absolute atomic E-state index is 13.7. The zero-order chi connectivity index (χ0) is 26.1. The zero-order valence-electron chi connectivity index (χ0n) is 20.7. The van der Waals surface area contributed by atoms with Gasteiger partial charge in [0.05, 0.1) is 12.1 Å². The highest BCUT2D eigenvalue weighted by molar-refractivity contribution is 6.52. The van der Waals surface area contributed by atoms with Crippen molar-refractivity contribution < 1.29 is 18.7 Å². The zero-order valence-corrected chi connectivity index (χ0v) is 22.2. The summed E-state index contributed by atoms with van der Waals surface area (Å²) >= 11 is 12.9. The van der Waals surface area contributed by atoms with Crippen LogP contribution in [0.1, 0.15) is 69.1 Å². The number of hydrogen-bond donors (Lipinski definition) is 3. The minimum Gasteiger partial charge on any atom is -0.390 e. The third kappa shape index (κ3) is 5.88. The van der Waals surface area contributed by atoms with Gasteiger partial charge in [0.2, 0.25) is 5.91 Å². The van der Waals surface area contributed by atoms with Crippen molar-refractivity contribution in [3.05, 3.63) is 70.8 Å². The number of alkyl halides is 2. The molecule has 0 aromatic heterocycles. The largest absolute Gasteiger partial charge is 0.390 e. The molecule has 2 aliphatic rings. The number of aliphatic hydroxyl groups excluding tert-OH is 1. The lowest BCUT2D eigenvalue weighted by Crippen LogP contribution is -2.53. The van der Waals surface area contributed by atoms with Crippen molar-refractivity contribution in [2.24, 2.45) is 0 Å². The summed E-state index contributed by atoms with van der Waals surface area (Å²) in [6, 6.07) is 10.9. The Morgan fingerprint density at radius 1 is 1.06 bits per heavy atom. The molecule has 8 heteroatoms. The lowest BCUT2D eigenvalue weighted by atomic mass is 9.75. The first kappa shape index (κ1) is 27.3. The average molecular weight is 539 g/mol. The Balaban J connectivity index is 1.53. The number of carbonyl (C=O) groups excluding carboxylic acids is 1. The highest BCUT2D eigenvalue weighted by Crippen LogP contribution is 2.64. The molecule has 0 bridgehead atoms. The number of halogens is 4. The van der Waals surface area contributed by atoms with Crippen LogP contribution >= 0.6 is 23.2 Å². The van der Waals surface area contributed by atoms with Crippen LogP contribution in [0.5, 0.6) is 0 Å². The van der Waals surface area contributed by atoms with Crippen LogP contribution in [-0.4, -0.2) is 34.0 Å². The second-order valence-corrected chi connectivity index (χ2v) is 12.2. The van der Waals surface area contributed by atoms with Gasteiger partial charge in [-0.1, -0.05) is 50.5 Å². The SMILES string of the molecule is CC(=O)NC(Cc1cc(F)cc(F)c1)C(O)CNC1(c2cccc(C3(C)CC3(Cl)Cl)c2)CCCCC1. The lowest BCUT2D eigenvalue weighted by Gasteiger charge is -2.40. The van der Waals surface area contributed by atoms with Gasteiger partial charge < -0.3 is 15.7 Å². The number of hydrogen-bond acceptors (Lipinski definition) is 3. The average Bonchev–Trinajstić information content (AvgIpc) is 3.35. The van der Waals surface area contributed by atoms with Gasteiger partial charge in [-0.05, 0) is 54.5 Å². The number of amides is 1. The van der Waals surface area contributed by atoms with Crippen molar-refractivity contribution in [2.45, 2.75) is 86.2 Å². The molecular formula is C28H34Cl2F2N2O2. The summed E-state index contributed by atoms with van der Waals surface area (Å²) in [4.78, 5) is 11.9. The first-order valence-electron chi connectivity index (χ1n) is 12.6. The highest BCUT2D eigenvalue weighted by atomic mass is 35.5. The molecule has 4 nitrogen and oxygen atoms in total. The fraction of sp³-hybridized carbons (Fsp3) is 0.536. The summed E-state index contributed by atoms with van der Waals surface area (Å²) in [5.41, 5.74) is 1.97. The molecule has 2 fully saturated rings. The standard InChI is InChI=1S/C28H34Cl2F2N2O2/c1-18(35)34-24(13-19-11-22(31)15-23(32)12-19)25(36)16-33-27(9-4-3-5-10-27)21-8-6-7-20(14-21)26(2)17-28(26,29)30/h6-8,11-12,14-15,24-25,33,36H,3-5,9-10,13,16-17H2,1-2H3,(H,34,35). The van der Waals surface area contributed by atoms with Gasteiger partial charge in [0.1, 0.15) is 16.0 Å². The van der Waals surface area contributed by atoms with E-state index >= 15 is 0 Å². The van der Waals surface area contributed by atoms with E-state index in [0.717, 1.165) is 49.3 Å². The summed E-state index contributed by atoms with van der Waals surface area (Å²) in [7, 11) is 0. The van der Waals surface area contributed by atoms with Crippen molar-refractivity contribution in [1.29, 1.82) is 0 Å². The van der Waals surface area contributed by atoms with E-state index in [1.54, 1.807) is 0 Å². The van der Waals surface area contributed by atoms with E-state index in [1.165, 1.54) is 19.1 Å². The van der Waals surface area contributed by atoms with Crippen LogP contribution in [0, 0.1) is 11.6 Å². The van der Waals surface area contributed by atoms with E-state index in [2.05, 4.69) is 35.8 Å². The van der Waals surface area contributed by atoms with Crippen molar-refractivity contribution >= 4 is 29.1 Å². The molecule has 3 N–H and O–H groups in total. The van der Waals surface area contributed by atoms with Gasteiger partial charge in [0.15, 0.2) is 0 Å². The third-order valence-electron chi connectivity index (χ3n) is 7.90. The maximum Gasteiger partial charge on any atom is 0.217 e. The van der Waals surface area contributed by atoms with E-state index in [0.29, 0.717) is 12.0 Å². The van der Waals surface area contributed by atoms with Crippen LogP contribution in [-0.2, 0) is 22.2 Å². The quantitative estimate of drug-likeness (QED) is 0.361. The number of aliphatic hydroxyl groups is 1. The normalized spacial score (nSPS) is 24.1. The molecule has 0 aliphatic heterocycles. The van der Waals surface area contributed by atoms with E-state index < -0.39 is 28.1 Å². The number of rotatable bonds is 9. The molecule has 2 aromatic rings. The van der Waals surface area contributed by atoms with Crippen molar-refractivity contribution in [3.63, 3.8) is 0 Å². The fourth-order valence-corrected chi connectivity index (χ4v) is 6.32. The van der Waals surface area contributed by atoms with E-state index in [-0.39, 0.29) is 29.8 Å². The molecule has 0 radical (unpaired) electrons. The minimum absolute atomic E-state index is 0.103. The lowest BCUT2D eigenvalue weighted by molar-refractivity contribution is -0.120. The Labute approximate surface area is 221 Å². The van der Waals surface area contributed by atoms with Gasteiger partial charge in [0, 0.05) is 30.5 Å². The molecule has 36 heavy (non-hydrogen) atoms. The van der Waals surface area contributed by atoms with Crippen LogP contribution in [0.3, 0.4) is 0 Å². The first-order chi connectivity index (χ1) is 16.9. The van der Waals surface area contributed by atoms with Gasteiger partial charge >= 0.3 is 0 Å². The first-order valence-corrected chi connectivity index (χ1v) is 13.3. The molecule has 0 saturated heterocycles. The molecule has 1 amide bonds. The van der Waals surface area contributed by atoms with Crippen molar-refractivity contribution in [1.82, 2.24) is 10.6 Å². The Bertz CT molecular complexity index is 1090. The highest BCUT2D eigenvalue weighted by Gasteiger charge is 2.63. The van der Waals surface area contributed by atoms with Gasteiger partial charge in [-0.2, -0.15) is 0 Å². The molecule has 2 aromatic carbocycles. The molecule has 2 aliphatic carbocycles. The fourth-order valence-electron chi connectivity index (χ4n) is 5.57. The smallest absolute Gasteiger partial charge is 0.217 e. The van der Waals surface area contributed by atoms with Gasteiger partial charge in [-0.3, -0.25) is 4.79 Å². The summed E-state index contributed by atoms with van der Waals surface area (Å²) in [6.45, 7) is 3.64. The summed E-state index contributed by atoms with van der Waals surface area (Å²) in [6.07, 6.45) is 4.90.